The van der Waals surface area contributed by atoms with Gasteiger partial charge in [0.15, 0.2) is 5.65 Å². The predicted octanol–water partition coefficient (Wildman–Crippen LogP) is 5.42. The molecular formula is C25H27ClFN5O2S. The van der Waals surface area contributed by atoms with Crippen LogP contribution in [0.4, 0.5) is 4.39 Å². The molecule has 0 aliphatic carbocycles. The maximum Gasteiger partial charge on any atom is 0.255 e. The monoisotopic (exact) mass is 515 g/mol. The molecule has 7 nitrogen and oxygen atoms in total. The topological polar surface area (TPSA) is 103 Å². The fourth-order valence-electron chi connectivity index (χ4n) is 3.31. The number of thiophene rings is 1. The summed E-state index contributed by atoms with van der Waals surface area (Å²) in [5, 5.41) is 16.8. The Kier molecular flexibility index (Phi) is 7.23. The molecule has 4 N–H and O–H groups in total. The molecule has 0 saturated heterocycles. The van der Waals surface area contributed by atoms with Crippen molar-refractivity contribution in [2.24, 2.45) is 5.41 Å². The highest BCUT2D eigenvalue weighted by atomic mass is 35.5. The van der Waals surface area contributed by atoms with Crippen LogP contribution in [0, 0.1) is 11.2 Å². The molecule has 2 unspecified atom stereocenters. The first kappa shape index (κ1) is 25.2. The van der Waals surface area contributed by atoms with Crippen molar-refractivity contribution in [2.75, 3.05) is 0 Å². The van der Waals surface area contributed by atoms with Gasteiger partial charge in [0.1, 0.15) is 17.6 Å². The molecule has 35 heavy (non-hydrogen) atoms. The van der Waals surface area contributed by atoms with E-state index in [2.05, 4.69) is 46.4 Å². The summed E-state index contributed by atoms with van der Waals surface area (Å²) in [6.07, 6.45) is 2.21. The van der Waals surface area contributed by atoms with E-state index in [0.29, 0.717) is 37.9 Å². The largest absolute Gasteiger partial charge is 0.373 e. The van der Waals surface area contributed by atoms with E-state index in [1.54, 1.807) is 24.5 Å². The number of halogens is 2. The summed E-state index contributed by atoms with van der Waals surface area (Å²) in [5.41, 5.74) is 2.20. The second kappa shape index (κ2) is 10.0. The maximum atomic E-state index is 14.0. The molecular weight excluding hydrogens is 489 g/mol. The van der Waals surface area contributed by atoms with Crippen molar-refractivity contribution >= 4 is 40.0 Å². The fourth-order valence-corrected chi connectivity index (χ4v) is 4.47. The molecule has 3 aromatic heterocycles. The minimum absolute atomic E-state index is 0.0378. The average Bonchev–Trinajstić information content (AvgIpc) is 3.45. The summed E-state index contributed by atoms with van der Waals surface area (Å²) in [6, 6.07) is 8.01. The fraction of sp³-hybridized carbons (Fsp3) is 0.320. The number of carbonyl (C=O) groups excluding carboxylic acids is 1. The molecule has 0 aliphatic heterocycles. The van der Waals surface area contributed by atoms with Crippen molar-refractivity contribution in [3.05, 3.63) is 69.6 Å². The van der Waals surface area contributed by atoms with Gasteiger partial charge in [0.05, 0.1) is 22.3 Å². The van der Waals surface area contributed by atoms with Crippen LogP contribution in [0.2, 0.25) is 5.02 Å². The predicted molar refractivity (Wildman–Crippen MR) is 137 cm³/mol. The number of nitrogens with one attached hydrogen (secondary N) is 3. The third-order valence-electron chi connectivity index (χ3n) is 5.95. The van der Waals surface area contributed by atoms with Crippen molar-refractivity contribution in [1.29, 1.82) is 0 Å². The van der Waals surface area contributed by atoms with Gasteiger partial charge in [-0.25, -0.2) is 14.4 Å². The van der Waals surface area contributed by atoms with E-state index in [0.717, 1.165) is 4.88 Å². The molecule has 2 atom stereocenters. The summed E-state index contributed by atoms with van der Waals surface area (Å²) in [6.45, 7) is 8.23. The van der Waals surface area contributed by atoms with Crippen LogP contribution in [0.3, 0.4) is 0 Å². The molecule has 0 bridgehead atoms. The Balaban J connectivity index is 1.52. The van der Waals surface area contributed by atoms with Crippen molar-refractivity contribution < 1.29 is 14.3 Å². The summed E-state index contributed by atoms with van der Waals surface area (Å²) in [4.78, 5) is 26.4. The molecule has 4 aromatic rings. The zero-order valence-electron chi connectivity index (χ0n) is 19.8. The Morgan fingerprint density at radius 3 is 2.77 bits per heavy atom. The number of hydrogen-bond donors (Lipinski definition) is 4. The summed E-state index contributed by atoms with van der Waals surface area (Å²) in [5.74, 6) is -0.653. The van der Waals surface area contributed by atoms with Crippen LogP contribution in [0.1, 0.15) is 54.7 Å². The van der Waals surface area contributed by atoms with Crippen LogP contribution in [-0.4, -0.2) is 32.0 Å². The van der Waals surface area contributed by atoms with Gasteiger partial charge in [0.2, 0.25) is 0 Å². The highest BCUT2D eigenvalue weighted by Gasteiger charge is 2.24. The molecule has 184 valence electrons. The Morgan fingerprint density at radius 2 is 2.06 bits per heavy atom. The van der Waals surface area contributed by atoms with Gasteiger partial charge in [-0.15, -0.1) is 11.3 Å². The normalized spacial score (nSPS) is 13.7. The Bertz CT molecular complexity index is 1340. The van der Waals surface area contributed by atoms with Crippen LogP contribution in [0.25, 0.3) is 21.7 Å². The highest BCUT2D eigenvalue weighted by Crippen LogP contribution is 2.31. The van der Waals surface area contributed by atoms with E-state index in [4.69, 9.17) is 11.6 Å². The standard InChI is InChI=1S/C25H27ClFN5O2S/c1-13(25(2,3)4)31-23(33)15-11-28-22-21(15)32-18(12-29-22)19-8-9-20(35-19)24(34)30-10-14-16(26)6-5-7-17(14)27/h5-9,11-13,24,30,34H,10H2,1-4H3,(H,28,29)(H,31,33). The molecule has 1 aromatic carbocycles. The molecule has 1 amide bonds. The maximum absolute atomic E-state index is 14.0. The lowest BCUT2D eigenvalue weighted by Gasteiger charge is -2.27. The number of hydrogen-bond acceptors (Lipinski definition) is 6. The van der Waals surface area contributed by atoms with Crippen molar-refractivity contribution in [2.45, 2.75) is 46.5 Å². The zero-order valence-corrected chi connectivity index (χ0v) is 21.4. The number of H-pyrrole nitrogens is 1. The number of aromatic nitrogens is 3. The number of aliphatic hydroxyl groups is 1. The van der Waals surface area contributed by atoms with E-state index >= 15 is 0 Å². The minimum atomic E-state index is -1.02. The SMILES string of the molecule is CC(NC(=O)c1c[nH]c2ncc(-c3ccc(C(O)NCc4c(F)cccc4Cl)s3)nc12)C(C)(C)C. The van der Waals surface area contributed by atoms with E-state index in [1.807, 2.05) is 13.0 Å². The Labute approximate surface area is 211 Å². The minimum Gasteiger partial charge on any atom is -0.373 e. The van der Waals surface area contributed by atoms with Gasteiger partial charge >= 0.3 is 0 Å². The first-order chi connectivity index (χ1) is 16.5. The lowest BCUT2D eigenvalue weighted by atomic mass is 9.88. The van der Waals surface area contributed by atoms with Crippen molar-refractivity contribution in [1.82, 2.24) is 25.6 Å². The van der Waals surface area contributed by atoms with E-state index in [1.165, 1.54) is 23.5 Å². The van der Waals surface area contributed by atoms with Crippen LogP contribution in [0.15, 0.2) is 42.7 Å². The number of aliphatic hydroxyl groups excluding tert-OH is 1. The zero-order chi connectivity index (χ0) is 25.3. The Morgan fingerprint density at radius 1 is 1.29 bits per heavy atom. The van der Waals surface area contributed by atoms with Crippen molar-refractivity contribution in [3.63, 3.8) is 0 Å². The molecule has 4 rings (SSSR count). The van der Waals surface area contributed by atoms with Gasteiger partial charge in [0, 0.05) is 34.2 Å². The summed E-state index contributed by atoms with van der Waals surface area (Å²) in [7, 11) is 0. The quantitative estimate of drug-likeness (QED) is 0.246. The summed E-state index contributed by atoms with van der Waals surface area (Å²) >= 11 is 7.39. The van der Waals surface area contributed by atoms with E-state index in [9.17, 15) is 14.3 Å². The second-order valence-corrected chi connectivity index (χ2v) is 10.9. The number of nitrogens with zero attached hydrogens (tertiary/aromatic N) is 2. The number of benzene rings is 1. The number of carbonyl (C=O) groups is 1. The summed E-state index contributed by atoms with van der Waals surface area (Å²) < 4.78 is 14.0. The molecule has 0 aliphatic rings. The van der Waals surface area contributed by atoms with Crippen LogP contribution in [-0.2, 0) is 6.54 Å². The van der Waals surface area contributed by atoms with Gasteiger partial charge in [-0.05, 0) is 36.6 Å². The van der Waals surface area contributed by atoms with Gasteiger partial charge in [-0.3, -0.25) is 10.1 Å². The Hall–Kier alpha value is -2.85. The first-order valence-corrected chi connectivity index (χ1v) is 12.3. The van der Waals surface area contributed by atoms with E-state index < -0.39 is 12.0 Å². The van der Waals surface area contributed by atoms with Crippen molar-refractivity contribution in [3.8, 4) is 10.6 Å². The van der Waals surface area contributed by atoms with Crippen LogP contribution in [0.5, 0.6) is 0 Å². The molecule has 0 fully saturated rings. The third kappa shape index (κ3) is 5.54. The smallest absolute Gasteiger partial charge is 0.255 e. The van der Waals surface area contributed by atoms with Gasteiger partial charge in [-0.2, -0.15) is 0 Å². The average molecular weight is 516 g/mol. The highest BCUT2D eigenvalue weighted by molar-refractivity contribution is 7.15. The lowest BCUT2D eigenvalue weighted by molar-refractivity contribution is 0.0911. The molecule has 3 heterocycles. The molecule has 0 saturated carbocycles. The third-order valence-corrected chi connectivity index (χ3v) is 7.47. The molecule has 0 radical (unpaired) electrons. The number of aromatic amines is 1. The number of fused-ring (bicyclic) bond motifs is 1. The molecule has 10 heteroatoms. The first-order valence-electron chi connectivity index (χ1n) is 11.1. The van der Waals surface area contributed by atoms with Gasteiger partial charge in [-0.1, -0.05) is 38.4 Å². The number of rotatable bonds is 7. The van der Waals surface area contributed by atoms with Crippen LogP contribution >= 0.6 is 22.9 Å². The lowest BCUT2D eigenvalue weighted by Crippen LogP contribution is -2.41. The van der Waals surface area contributed by atoms with E-state index in [-0.39, 0.29) is 23.9 Å². The second-order valence-electron chi connectivity index (χ2n) is 9.40. The number of amides is 1. The van der Waals surface area contributed by atoms with Crippen LogP contribution < -0.4 is 10.6 Å². The van der Waals surface area contributed by atoms with Gasteiger partial charge in [0.25, 0.3) is 5.91 Å². The molecule has 0 spiro atoms. The van der Waals surface area contributed by atoms with Gasteiger partial charge < -0.3 is 15.4 Å².